The first kappa shape index (κ1) is 15.7. The van der Waals surface area contributed by atoms with Crippen LogP contribution in [0.5, 0.6) is 0 Å². The Morgan fingerprint density at radius 2 is 2.00 bits per heavy atom. The van der Waals surface area contributed by atoms with Crippen LogP contribution < -0.4 is 16.0 Å². The molecule has 0 bridgehead atoms. The average Bonchev–Trinajstić information content (AvgIpc) is 2.35. The monoisotopic (exact) mass is 266 g/mol. The Balaban J connectivity index is 2.76. The molecular weight excluding hydrogens is 240 g/mol. The van der Waals surface area contributed by atoms with Crippen molar-refractivity contribution in [3.8, 4) is 0 Å². The summed E-state index contributed by atoms with van der Waals surface area (Å²) >= 11 is 0. The van der Waals surface area contributed by atoms with E-state index >= 15 is 0 Å². The minimum atomic E-state index is 0.254. The zero-order chi connectivity index (χ0) is 14.4. The lowest BCUT2D eigenvalue weighted by molar-refractivity contribution is 0.425. The fourth-order valence-electron chi connectivity index (χ4n) is 1.61. The molecule has 1 unspecified atom stereocenters. The van der Waals surface area contributed by atoms with Crippen molar-refractivity contribution in [1.29, 1.82) is 0 Å². The summed E-state index contributed by atoms with van der Waals surface area (Å²) in [5.41, 5.74) is 5.69. The Morgan fingerprint density at radius 3 is 2.58 bits per heavy atom. The molecular formula is C13H26N6. The van der Waals surface area contributed by atoms with Crippen LogP contribution in [0.25, 0.3) is 0 Å². The Hall–Kier alpha value is -1.40. The molecule has 0 fully saturated rings. The Labute approximate surface area is 116 Å². The smallest absolute Gasteiger partial charge is 0.134 e. The largest absolute Gasteiger partial charge is 0.369 e. The predicted molar refractivity (Wildman–Crippen MR) is 80.7 cm³/mol. The molecule has 0 aliphatic rings. The van der Waals surface area contributed by atoms with Gasteiger partial charge in [0, 0.05) is 38.8 Å². The van der Waals surface area contributed by atoms with Crippen molar-refractivity contribution in [2.45, 2.75) is 19.9 Å². The number of aryl methyl sites for hydroxylation is 1. The molecule has 0 aliphatic heterocycles. The zero-order valence-corrected chi connectivity index (χ0v) is 12.6. The van der Waals surface area contributed by atoms with Crippen LogP contribution in [0.2, 0.25) is 0 Å². The lowest BCUT2D eigenvalue weighted by Gasteiger charge is -2.25. The lowest BCUT2D eigenvalue weighted by Crippen LogP contribution is -2.36. The van der Waals surface area contributed by atoms with Gasteiger partial charge >= 0.3 is 0 Å². The average molecular weight is 266 g/mol. The summed E-state index contributed by atoms with van der Waals surface area (Å²) in [6.07, 6.45) is 0. The summed E-state index contributed by atoms with van der Waals surface area (Å²) in [5.74, 6) is 2.53. The van der Waals surface area contributed by atoms with Crippen LogP contribution >= 0.6 is 0 Å². The van der Waals surface area contributed by atoms with Crippen molar-refractivity contribution in [1.82, 2.24) is 14.9 Å². The summed E-state index contributed by atoms with van der Waals surface area (Å²) in [5, 5.41) is 3.32. The van der Waals surface area contributed by atoms with Gasteiger partial charge < -0.3 is 20.9 Å². The first-order chi connectivity index (χ1) is 8.93. The van der Waals surface area contributed by atoms with E-state index in [0.717, 1.165) is 30.5 Å². The molecule has 0 spiro atoms. The van der Waals surface area contributed by atoms with Crippen LogP contribution in [0.3, 0.4) is 0 Å². The van der Waals surface area contributed by atoms with Gasteiger partial charge in [-0.15, -0.1) is 0 Å². The van der Waals surface area contributed by atoms with Crippen molar-refractivity contribution in [2.75, 3.05) is 51.0 Å². The molecule has 0 saturated carbocycles. The second-order valence-electron chi connectivity index (χ2n) is 5.08. The molecule has 0 amide bonds. The standard InChI is InChI=1S/C13H26N6/c1-10(9-14)19(5)13-8-12(16-11(2)17-13)15-6-7-18(3)4/h8,10H,6-7,9,14H2,1-5H3,(H,15,16,17). The number of nitrogens with two attached hydrogens (primary N) is 1. The van der Waals surface area contributed by atoms with E-state index in [1.165, 1.54) is 0 Å². The molecule has 0 aromatic carbocycles. The molecule has 1 aromatic heterocycles. The number of likely N-dealkylation sites (N-methyl/N-ethyl adjacent to an activating group) is 2. The fraction of sp³-hybridized carbons (Fsp3) is 0.692. The van der Waals surface area contributed by atoms with Crippen molar-refractivity contribution in [3.05, 3.63) is 11.9 Å². The number of nitrogens with one attached hydrogen (secondary N) is 1. The number of anilines is 2. The normalized spacial score (nSPS) is 12.6. The molecule has 1 heterocycles. The lowest BCUT2D eigenvalue weighted by atomic mass is 10.3. The highest BCUT2D eigenvalue weighted by molar-refractivity contribution is 5.49. The molecule has 0 saturated heterocycles. The third-order valence-electron chi connectivity index (χ3n) is 3.05. The molecule has 1 atom stereocenters. The van der Waals surface area contributed by atoms with Gasteiger partial charge in [0.1, 0.15) is 17.5 Å². The maximum atomic E-state index is 5.69. The van der Waals surface area contributed by atoms with E-state index in [2.05, 4.69) is 46.1 Å². The van der Waals surface area contributed by atoms with Crippen LogP contribution in [-0.4, -0.2) is 61.7 Å². The van der Waals surface area contributed by atoms with Crippen LogP contribution in [0, 0.1) is 6.92 Å². The first-order valence-corrected chi connectivity index (χ1v) is 6.61. The molecule has 19 heavy (non-hydrogen) atoms. The summed E-state index contributed by atoms with van der Waals surface area (Å²) in [6.45, 7) is 6.41. The van der Waals surface area contributed by atoms with Gasteiger partial charge in [0.15, 0.2) is 0 Å². The quantitative estimate of drug-likeness (QED) is 0.751. The highest BCUT2D eigenvalue weighted by Crippen LogP contribution is 2.16. The molecule has 6 nitrogen and oxygen atoms in total. The SMILES string of the molecule is Cc1nc(NCCN(C)C)cc(N(C)C(C)CN)n1. The van der Waals surface area contributed by atoms with E-state index in [4.69, 9.17) is 5.73 Å². The maximum Gasteiger partial charge on any atom is 0.134 e. The first-order valence-electron chi connectivity index (χ1n) is 6.61. The van der Waals surface area contributed by atoms with Gasteiger partial charge in [0.2, 0.25) is 0 Å². The van der Waals surface area contributed by atoms with E-state index in [-0.39, 0.29) is 6.04 Å². The summed E-state index contributed by atoms with van der Waals surface area (Å²) in [7, 11) is 6.10. The predicted octanol–water partition coefficient (Wildman–Crippen LogP) is 0.542. The van der Waals surface area contributed by atoms with E-state index in [9.17, 15) is 0 Å². The van der Waals surface area contributed by atoms with Gasteiger partial charge in [-0.3, -0.25) is 0 Å². The summed E-state index contributed by atoms with van der Waals surface area (Å²) in [4.78, 5) is 13.1. The highest BCUT2D eigenvalue weighted by atomic mass is 15.2. The number of hydrogen-bond acceptors (Lipinski definition) is 6. The molecule has 0 aliphatic carbocycles. The zero-order valence-electron chi connectivity index (χ0n) is 12.6. The Bertz CT molecular complexity index is 393. The van der Waals surface area contributed by atoms with Gasteiger partial charge in [-0.25, -0.2) is 9.97 Å². The van der Waals surface area contributed by atoms with Crippen LogP contribution in [0.1, 0.15) is 12.7 Å². The third kappa shape index (κ3) is 5.00. The topological polar surface area (TPSA) is 70.3 Å². The second kappa shape index (κ2) is 7.25. The maximum absolute atomic E-state index is 5.69. The molecule has 1 rings (SSSR count). The van der Waals surface area contributed by atoms with Crippen molar-refractivity contribution >= 4 is 11.6 Å². The fourth-order valence-corrected chi connectivity index (χ4v) is 1.61. The van der Waals surface area contributed by atoms with Crippen LogP contribution in [0.15, 0.2) is 6.07 Å². The molecule has 1 aromatic rings. The number of nitrogens with zero attached hydrogens (tertiary/aromatic N) is 4. The molecule has 0 radical (unpaired) electrons. The van der Waals surface area contributed by atoms with Crippen molar-refractivity contribution < 1.29 is 0 Å². The van der Waals surface area contributed by atoms with Crippen LogP contribution in [-0.2, 0) is 0 Å². The summed E-state index contributed by atoms with van der Waals surface area (Å²) < 4.78 is 0. The summed E-state index contributed by atoms with van der Waals surface area (Å²) in [6, 6.07) is 2.22. The van der Waals surface area contributed by atoms with Crippen LogP contribution in [0.4, 0.5) is 11.6 Å². The number of rotatable bonds is 7. The van der Waals surface area contributed by atoms with Crippen molar-refractivity contribution in [3.63, 3.8) is 0 Å². The van der Waals surface area contributed by atoms with E-state index < -0.39 is 0 Å². The van der Waals surface area contributed by atoms with E-state index in [0.29, 0.717) is 6.54 Å². The van der Waals surface area contributed by atoms with Gasteiger partial charge in [-0.2, -0.15) is 0 Å². The van der Waals surface area contributed by atoms with E-state index in [1.807, 2.05) is 20.0 Å². The van der Waals surface area contributed by atoms with Gasteiger partial charge in [-0.05, 0) is 27.9 Å². The Kier molecular flexibility index (Phi) is 5.98. The highest BCUT2D eigenvalue weighted by Gasteiger charge is 2.11. The molecule has 3 N–H and O–H groups in total. The second-order valence-corrected chi connectivity index (χ2v) is 5.08. The Morgan fingerprint density at radius 1 is 1.32 bits per heavy atom. The van der Waals surface area contributed by atoms with Gasteiger partial charge in [-0.1, -0.05) is 0 Å². The minimum absolute atomic E-state index is 0.254. The van der Waals surface area contributed by atoms with Gasteiger partial charge in [0.05, 0.1) is 0 Å². The third-order valence-corrected chi connectivity index (χ3v) is 3.05. The molecule has 6 heteroatoms. The van der Waals surface area contributed by atoms with Crippen molar-refractivity contribution in [2.24, 2.45) is 5.73 Å². The van der Waals surface area contributed by atoms with E-state index in [1.54, 1.807) is 0 Å². The minimum Gasteiger partial charge on any atom is -0.369 e. The number of aromatic nitrogens is 2. The van der Waals surface area contributed by atoms with Gasteiger partial charge in [0.25, 0.3) is 0 Å². The molecule has 108 valence electrons. The number of hydrogen-bond donors (Lipinski definition) is 2.